The van der Waals surface area contributed by atoms with Gasteiger partial charge in [-0.3, -0.25) is 24.1 Å². The molecule has 2 rings (SSSR count). The SMILES string of the molecule is CCCSSCCOC(=O)N(C)[C@H](C(=O)N[C@H](C(=O)N(C)[C@@H]([C@@H](C)CC)[C@@H](CC(=O)N1CCC[C@H]1[C@H](OC)[C@@H](C)C(=O)N[C@H](C)[C@@H](O)c1ccccc1)OC)C(C)C)C(C)C. The molecule has 61 heavy (non-hydrogen) atoms. The maximum Gasteiger partial charge on any atom is 0.410 e. The predicted octanol–water partition coefficient (Wildman–Crippen LogP) is 6.17. The number of rotatable bonds is 26. The number of aliphatic hydroxyl groups is 1. The number of nitrogens with zero attached hydrogens (tertiary/aromatic N) is 3. The average molecular weight is 896 g/mol. The molecule has 0 aliphatic carbocycles. The maximum absolute atomic E-state index is 14.5. The quantitative estimate of drug-likeness (QED) is 0.0719. The molecular formula is C45H77N5O9S2. The van der Waals surface area contributed by atoms with E-state index in [0.717, 1.165) is 18.6 Å². The van der Waals surface area contributed by atoms with E-state index in [1.54, 1.807) is 59.4 Å². The Morgan fingerprint density at radius 3 is 2.07 bits per heavy atom. The topological polar surface area (TPSA) is 167 Å². The fourth-order valence-electron chi connectivity index (χ4n) is 8.16. The molecule has 3 N–H and O–H groups in total. The monoisotopic (exact) mass is 896 g/mol. The molecular weight excluding hydrogens is 819 g/mol. The van der Waals surface area contributed by atoms with Gasteiger partial charge in [0.1, 0.15) is 18.7 Å². The minimum atomic E-state index is -0.926. The van der Waals surface area contributed by atoms with Crippen molar-refractivity contribution in [1.82, 2.24) is 25.3 Å². The van der Waals surface area contributed by atoms with Gasteiger partial charge < -0.3 is 39.8 Å². The molecule has 1 saturated heterocycles. The normalized spacial score (nSPS) is 18.6. The Hall–Kier alpha value is -3.05. The first-order chi connectivity index (χ1) is 28.9. The number of ether oxygens (including phenoxy) is 3. The molecule has 0 saturated carbocycles. The third-order valence-electron chi connectivity index (χ3n) is 11.8. The van der Waals surface area contributed by atoms with Crippen molar-refractivity contribution in [3.8, 4) is 0 Å². The summed E-state index contributed by atoms with van der Waals surface area (Å²) in [6.07, 6.45) is 0.312. The Bertz CT molecular complexity index is 1510. The third kappa shape index (κ3) is 15.6. The van der Waals surface area contributed by atoms with Crippen LogP contribution in [0, 0.1) is 23.7 Å². The summed E-state index contributed by atoms with van der Waals surface area (Å²) in [6, 6.07) is 5.88. The third-order valence-corrected chi connectivity index (χ3v) is 14.4. The Labute approximate surface area is 374 Å². The second-order valence-electron chi connectivity index (χ2n) is 17.0. The molecule has 5 amide bonds. The summed E-state index contributed by atoms with van der Waals surface area (Å²) < 4.78 is 17.5. The molecule has 1 heterocycles. The van der Waals surface area contributed by atoms with Crippen LogP contribution in [0.15, 0.2) is 30.3 Å². The van der Waals surface area contributed by atoms with Gasteiger partial charge in [0, 0.05) is 46.4 Å². The minimum Gasteiger partial charge on any atom is -0.448 e. The van der Waals surface area contributed by atoms with Gasteiger partial charge in [0.05, 0.1) is 48.8 Å². The number of likely N-dealkylation sites (tertiary alicyclic amines) is 1. The fourth-order valence-corrected chi connectivity index (χ4v) is 10.1. The summed E-state index contributed by atoms with van der Waals surface area (Å²) in [5.41, 5.74) is 0.697. The lowest BCUT2D eigenvalue weighted by molar-refractivity contribution is -0.148. The van der Waals surface area contributed by atoms with E-state index in [9.17, 15) is 29.1 Å². The number of carbonyl (C=O) groups excluding carboxylic acids is 5. The number of hydrogen-bond donors (Lipinski definition) is 3. The average Bonchev–Trinajstić information content (AvgIpc) is 3.72. The number of carbonyl (C=O) groups is 5. The highest BCUT2D eigenvalue weighted by molar-refractivity contribution is 8.76. The molecule has 1 aliphatic rings. The van der Waals surface area contributed by atoms with Crippen molar-refractivity contribution in [1.29, 1.82) is 0 Å². The van der Waals surface area contributed by atoms with Crippen molar-refractivity contribution in [2.45, 2.75) is 143 Å². The number of aliphatic hydroxyl groups excluding tert-OH is 1. The fraction of sp³-hybridized carbons (Fsp3) is 0.756. The number of nitrogens with one attached hydrogen (secondary N) is 2. The Balaban J connectivity index is 2.23. The Morgan fingerprint density at radius 1 is 0.869 bits per heavy atom. The highest BCUT2D eigenvalue weighted by atomic mass is 33.1. The molecule has 0 bridgehead atoms. The smallest absolute Gasteiger partial charge is 0.410 e. The van der Waals surface area contributed by atoms with Gasteiger partial charge in [-0.15, -0.1) is 0 Å². The lowest BCUT2D eigenvalue weighted by atomic mass is 9.89. The molecule has 1 aliphatic heterocycles. The van der Waals surface area contributed by atoms with Crippen molar-refractivity contribution >= 4 is 51.3 Å². The van der Waals surface area contributed by atoms with E-state index in [2.05, 4.69) is 17.6 Å². The first-order valence-electron chi connectivity index (χ1n) is 22.0. The number of methoxy groups -OCH3 is 2. The van der Waals surface area contributed by atoms with Gasteiger partial charge in [0.15, 0.2) is 0 Å². The van der Waals surface area contributed by atoms with E-state index >= 15 is 0 Å². The van der Waals surface area contributed by atoms with Crippen LogP contribution in [0.25, 0.3) is 0 Å². The van der Waals surface area contributed by atoms with Gasteiger partial charge in [-0.25, -0.2) is 4.79 Å². The molecule has 0 radical (unpaired) electrons. The van der Waals surface area contributed by atoms with E-state index in [1.165, 1.54) is 19.1 Å². The first kappa shape index (κ1) is 54.1. The lowest BCUT2D eigenvalue weighted by Gasteiger charge is -2.41. The van der Waals surface area contributed by atoms with Crippen LogP contribution in [0.5, 0.6) is 0 Å². The van der Waals surface area contributed by atoms with Crippen LogP contribution in [-0.2, 0) is 33.4 Å². The van der Waals surface area contributed by atoms with Crippen LogP contribution in [0.2, 0.25) is 0 Å². The van der Waals surface area contributed by atoms with Crippen molar-refractivity contribution in [2.24, 2.45) is 23.7 Å². The molecule has 1 aromatic rings. The van der Waals surface area contributed by atoms with Crippen molar-refractivity contribution in [3.63, 3.8) is 0 Å². The summed E-state index contributed by atoms with van der Waals surface area (Å²) >= 11 is 0. The van der Waals surface area contributed by atoms with Crippen molar-refractivity contribution in [3.05, 3.63) is 35.9 Å². The highest BCUT2D eigenvalue weighted by Gasteiger charge is 2.43. The molecule has 0 aromatic heterocycles. The van der Waals surface area contributed by atoms with E-state index in [4.69, 9.17) is 14.2 Å². The molecule has 10 atom stereocenters. The molecule has 14 nitrogen and oxygen atoms in total. The molecule has 1 fully saturated rings. The molecule has 16 heteroatoms. The number of likely N-dealkylation sites (N-methyl/N-ethyl adjacent to an activating group) is 2. The maximum atomic E-state index is 14.5. The van der Waals surface area contributed by atoms with Gasteiger partial charge >= 0.3 is 6.09 Å². The number of hydrogen-bond acceptors (Lipinski definition) is 11. The first-order valence-corrected chi connectivity index (χ1v) is 24.5. The summed E-state index contributed by atoms with van der Waals surface area (Å²) in [4.78, 5) is 74.0. The zero-order chi connectivity index (χ0) is 46.0. The van der Waals surface area contributed by atoms with E-state index in [0.29, 0.717) is 30.7 Å². The molecule has 1 aromatic carbocycles. The zero-order valence-corrected chi connectivity index (χ0v) is 40.7. The van der Waals surface area contributed by atoms with Crippen LogP contribution < -0.4 is 10.6 Å². The van der Waals surface area contributed by atoms with E-state index < -0.39 is 60.4 Å². The Morgan fingerprint density at radius 2 is 1.51 bits per heavy atom. The van der Waals surface area contributed by atoms with Gasteiger partial charge in [-0.1, -0.05) is 114 Å². The molecule has 0 spiro atoms. The summed E-state index contributed by atoms with van der Waals surface area (Å²) in [6.45, 7) is 17.8. The van der Waals surface area contributed by atoms with Gasteiger partial charge in [0.2, 0.25) is 23.6 Å². The van der Waals surface area contributed by atoms with Crippen LogP contribution in [-0.4, -0.2) is 145 Å². The van der Waals surface area contributed by atoms with Crippen LogP contribution in [0.3, 0.4) is 0 Å². The minimum absolute atomic E-state index is 0.0201. The summed E-state index contributed by atoms with van der Waals surface area (Å²) in [5, 5.41) is 16.8. The number of benzene rings is 1. The van der Waals surface area contributed by atoms with E-state index in [1.807, 2.05) is 71.9 Å². The van der Waals surface area contributed by atoms with Crippen molar-refractivity contribution < 1.29 is 43.3 Å². The standard InChI is InChI=1S/C45H77N5O9S2/c1-14-25-60-61-26-24-59-45(56)49(11)38(29(5)6)43(54)47-37(28(3)4)44(55)48(10)39(30(7)15-2)35(57-12)27-36(51)50-23-19-22-34(50)41(58-13)31(8)42(53)46-32(9)40(52)33-20-17-16-18-21-33/h16-18,20-21,28-32,34-35,37-41,52H,14-15,19,22-27H2,1-13H3,(H,46,53)(H,47,54)/t30-,31+,32+,34-,35+,37-,38-,39-,40+,41+/m0/s1. The zero-order valence-electron chi connectivity index (χ0n) is 39.1. The number of amides is 5. The molecule has 0 unspecified atom stereocenters. The van der Waals surface area contributed by atoms with E-state index in [-0.39, 0.29) is 54.5 Å². The van der Waals surface area contributed by atoms with Gasteiger partial charge in [-0.05, 0) is 49.5 Å². The van der Waals surface area contributed by atoms with Crippen LogP contribution in [0.1, 0.15) is 106 Å². The highest BCUT2D eigenvalue weighted by Crippen LogP contribution is 2.30. The van der Waals surface area contributed by atoms with Gasteiger partial charge in [-0.2, -0.15) is 0 Å². The van der Waals surface area contributed by atoms with Crippen molar-refractivity contribution in [2.75, 3.05) is 53.0 Å². The Kier molecular flexibility index (Phi) is 24.1. The lowest BCUT2D eigenvalue weighted by Crippen LogP contribution is -2.60. The second kappa shape index (κ2) is 27.2. The second-order valence-corrected chi connectivity index (χ2v) is 19.7. The predicted molar refractivity (Wildman–Crippen MR) is 245 cm³/mol. The van der Waals surface area contributed by atoms with Gasteiger partial charge in [0.25, 0.3) is 0 Å². The summed E-state index contributed by atoms with van der Waals surface area (Å²) in [7, 11) is 9.67. The molecule has 348 valence electrons. The largest absolute Gasteiger partial charge is 0.448 e. The summed E-state index contributed by atoms with van der Waals surface area (Å²) in [5.74, 6) is -0.897. The van der Waals surface area contributed by atoms with Crippen LogP contribution >= 0.6 is 21.6 Å². The van der Waals surface area contributed by atoms with Crippen LogP contribution in [0.4, 0.5) is 4.79 Å².